The zero-order valence-electron chi connectivity index (χ0n) is 10.9. The molecule has 0 spiro atoms. The highest BCUT2D eigenvalue weighted by atomic mass is 32.2. The lowest BCUT2D eigenvalue weighted by Crippen LogP contribution is -2.26. The van der Waals surface area contributed by atoms with Crippen molar-refractivity contribution < 1.29 is 12.8 Å². The summed E-state index contributed by atoms with van der Waals surface area (Å²) in [4.78, 5) is 0.996. The molecular weight excluding hydrogens is 299 g/mol. The van der Waals surface area contributed by atoms with Crippen LogP contribution in [0.1, 0.15) is 10.4 Å². The normalized spacial score (nSPS) is 12.0. The van der Waals surface area contributed by atoms with Gasteiger partial charge in [-0.1, -0.05) is 6.07 Å². The minimum Gasteiger partial charge on any atom is -0.326 e. The Balaban J connectivity index is 2.29. The molecule has 108 valence electrons. The van der Waals surface area contributed by atoms with Crippen molar-refractivity contribution in [3.8, 4) is 0 Å². The maximum atomic E-state index is 13.4. The summed E-state index contributed by atoms with van der Waals surface area (Å²) in [6, 6.07) is 7.41. The zero-order chi connectivity index (χ0) is 14.8. The molecule has 0 amide bonds. The van der Waals surface area contributed by atoms with Crippen LogP contribution in [-0.4, -0.2) is 19.8 Å². The number of nitrogens with two attached hydrogens (primary N) is 1. The van der Waals surface area contributed by atoms with Gasteiger partial charge in [0.2, 0.25) is 10.0 Å². The van der Waals surface area contributed by atoms with Crippen LogP contribution in [0.2, 0.25) is 0 Å². The molecule has 4 nitrogen and oxygen atoms in total. The van der Waals surface area contributed by atoms with Crippen LogP contribution in [0.3, 0.4) is 0 Å². The second-order valence-corrected chi connectivity index (χ2v) is 7.37. The van der Waals surface area contributed by atoms with Crippen molar-refractivity contribution in [3.05, 3.63) is 52.0 Å². The van der Waals surface area contributed by atoms with Gasteiger partial charge in [-0.2, -0.15) is 4.31 Å². The fraction of sp³-hybridized carbons (Fsp3) is 0.231. The van der Waals surface area contributed by atoms with Crippen LogP contribution in [0.15, 0.2) is 40.6 Å². The summed E-state index contributed by atoms with van der Waals surface area (Å²) >= 11 is 1.49. The lowest BCUT2D eigenvalue weighted by molar-refractivity contribution is 0.469. The highest BCUT2D eigenvalue weighted by Crippen LogP contribution is 2.21. The van der Waals surface area contributed by atoms with Crippen molar-refractivity contribution in [2.24, 2.45) is 5.73 Å². The largest absolute Gasteiger partial charge is 0.326 e. The standard InChI is InChI=1S/C13H15FN2O2S2/c1-16(9-11-3-2-6-19-11)20(17,18)12-4-5-13(14)10(7-12)8-15/h2-7H,8-9,15H2,1H3. The summed E-state index contributed by atoms with van der Waals surface area (Å²) in [5.74, 6) is -0.493. The molecule has 0 saturated carbocycles. The van der Waals surface area contributed by atoms with E-state index in [9.17, 15) is 12.8 Å². The molecule has 7 heteroatoms. The molecule has 0 atom stereocenters. The highest BCUT2D eigenvalue weighted by Gasteiger charge is 2.22. The van der Waals surface area contributed by atoms with E-state index < -0.39 is 15.8 Å². The topological polar surface area (TPSA) is 63.4 Å². The maximum Gasteiger partial charge on any atom is 0.243 e. The van der Waals surface area contributed by atoms with Crippen molar-refractivity contribution in [1.29, 1.82) is 0 Å². The first-order valence-electron chi connectivity index (χ1n) is 5.92. The summed E-state index contributed by atoms with van der Waals surface area (Å²) in [5, 5.41) is 1.89. The van der Waals surface area contributed by atoms with Crippen molar-refractivity contribution in [2.75, 3.05) is 7.05 Å². The van der Waals surface area contributed by atoms with Gasteiger partial charge in [-0.05, 0) is 29.6 Å². The minimum atomic E-state index is -3.65. The molecule has 0 aliphatic rings. The summed E-state index contributed by atoms with van der Waals surface area (Å²) in [6.45, 7) is 0.249. The third-order valence-corrected chi connectivity index (χ3v) is 5.56. The van der Waals surface area contributed by atoms with E-state index in [-0.39, 0.29) is 23.5 Å². The third kappa shape index (κ3) is 3.06. The number of sulfonamides is 1. The van der Waals surface area contributed by atoms with Crippen LogP contribution in [-0.2, 0) is 23.1 Å². The van der Waals surface area contributed by atoms with E-state index in [0.29, 0.717) is 0 Å². The third-order valence-electron chi connectivity index (χ3n) is 2.90. The van der Waals surface area contributed by atoms with Crippen molar-refractivity contribution >= 4 is 21.4 Å². The lowest BCUT2D eigenvalue weighted by Gasteiger charge is -2.17. The second-order valence-electron chi connectivity index (χ2n) is 4.30. The predicted octanol–water partition coefficient (Wildman–Crippen LogP) is 2.17. The molecule has 0 unspecified atom stereocenters. The first-order chi connectivity index (χ1) is 9.45. The van der Waals surface area contributed by atoms with Gasteiger partial charge in [0, 0.05) is 30.6 Å². The average molecular weight is 314 g/mol. The van der Waals surface area contributed by atoms with E-state index in [4.69, 9.17) is 5.73 Å². The molecular formula is C13H15FN2O2S2. The molecule has 2 N–H and O–H groups in total. The molecule has 0 radical (unpaired) electrons. The van der Waals surface area contributed by atoms with Crippen LogP contribution in [0.25, 0.3) is 0 Å². The van der Waals surface area contributed by atoms with Gasteiger partial charge < -0.3 is 5.73 Å². The highest BCUT2D eigenvalue weighted by molar-refractivity contribution is 7.89. The summed E-state index contributed by atoms with van der Waals surface area (Å²) in [6.07, 6.45) is 0. The number of benzene rings is 1. The molecule has 1 aromatic carbocycles. The fourth-order valence-corrected chi connectivity index (χ4v) is 3.79. The Hall–Kier alpha value is -1.28. The van der Waals surface area contributed by atoms with Crippen LogP contribution in [0.4, 0.5) is 4.39 Å². The Morgan fingerprint density at radius 1 is 1.35 bits per heavy atom. The molecule has 0 bridgehead atoms. The average Bonchev–Trinajstić information content (AvgIpc) is 2.91. The van der Waals surface area contributed by atoms with E-state index in [1.165, 1.54) is 34.8 Å². The molecule has 2 rings (SSSR count). The molecule has 1 aromatic heterocycles. The first-order valence-corrected chi connectivity index (χ1v) is 8.24. The van der Waals surface area contributed by atoms with E-state index >= 15 is 0 Å². The van der Waals surface area contributed by atoms with Crippen molar-refractivity contribution in [2.45, 2.75) is 18.0 Å². The molecule has 2 aromatic rings. The summed E-state index contributed by atoms with van der Waals surface area (Å²) in [7, 11) is -2.15. The molecule has 0 saturated heterocycles. The van der Waals surface area contributed by atoms with Gasteiger partial charge in [-0.15, -0.1) is 11.3 Å². The van der Waals surface area contributed by atoms with E-state index in [1.807, 2.05) is 17.5 Å². The molecule has 0 aliphatic heterocycles. The van der Waals surface area contributed by atoms with Crippen molar-refractivity contribution in [1.82, 2.24) is 4.31 Å². The van der Waals surface area contributed by atoms with E-state index in [0.717, 1.165) is 10.9 Å². The number of nitrogens with zero attached hydrogens (tertiary/aromatic N) is 1. The minimum absolute atomic E-state index is 0.0379. The van der Waals surface area contributed by atoms with Crippen LogP contribution < -0.4 is 5.73 Å². The van der Waals surface area contributed by atoms with Gasteiger partial charge in [-0.3, -0.25) is 0 Å². The Morgan fingerprint density at radius 3 is 2.70 bits per heavy atom. The first kappa shape index (κ1) is 15.1. The SMILES string of the molecule is CN(Cc1cccs1)S(=O)(=O)c1ccc(F)c(CN)c1. The van der Waals surface area contributed by atoms with Gasteiger partial charge in [0.1, 0.15) is 5.82 Å². The summed E-state index contributed by atoms with van der Waals surface area (Å²) < 4.78 is 39.4. The molecule has 0 aliphatic carbocycles. The van der Waals surface area contributed by atoms with Crippen LogP contribution in [0, 0.1) is 5.82 Å². The Labute approximate surface area is 121 Å². The van der Waals surface area contributed by atoms with Crippen molar-refractivity contribution in [3.63, 3.8) is 0 Å². The maximum absolute atomic E-state index is 13.4. The number of rotatable bonds is 5. The van der Waals surface area contributed by atoms with E-state index in [2.05, 4.69) is 0 Å². The second kappa shape index (κ2) is 6.01. The Morgan fingerprint density at radius 2 is 2.10 bits per heavy atom. The number of hydrogen-bond acceptors (Lipinski definition) is 4. The van der Waals surface area contributed by atoms with Gasteiger partial charge in [0.05, 0.1) is 4.90 Å². The van der Waals surface area contributed by atoms with Gasteiger partial charge in [0.15, 0.2) is 0 Å². The molecule has 1 heterocycles. The zero-order valence-corrected chi connectivity index (χ0v) is 12.5. The van der Waals surface area contributed by atoms with Crippen LogP contribution in [0.5, 0.6) is 0 Å². The quantitative estimate of drug-likeness (QED) is 0.920. The number of thiophene rings is 1. The van der Waals surface area contributed by atoms with Gasteiger partial charge in [0.25, 0.3) is 0 Å². The molecule has 0 fully saturated rings. The Bertz CT molecular complexity index is 684. The predicted molar refractivity (Wildman–Crippen MR) is 77.3 cm³/mol. The smallest absolute Gasteiger partial charge is 0.243 e. The number of halogens is 1. The summed E-state index contributed by atoms with van der Waals surface area (Å²) in [5.41, 5.74) is 5.59. The lowest BCUT2D eigenvalue weighted by atomic mass is 10.2. The fourth-order valence-electron chi connectivity index (χ4n) is 1.75. The monoisotopic (exact) mass is 314 g/mol. The van der Waals surface area contributed by atoms with Gasteiger partial charge in [-0.25, -0.2) is 12.8 Å². The number of hydrogen-bond donors (Lipinski definition) is 1. The van der Waals surface area contributed by atoms with Crippen LogP contribution >= 0.6 is 11.3 Å². The molecule has 20 heavy (non-hydrogen) atoms. The van der Waals surface area contributed by atoms with Gasteiger partial charge >= 0.3 is 0 Å². The van der Waals surface area contributed by atoms with E-state index in [1.54, 1.807) is 0 Å². The Kier molecular flexibility index (Phi) is 4.54.